The lowest BCUT2D eigenvalue weighted by Crippen LogP contribution is -2.54. The lowest BCUT2D eigenvalue weighted by atomic mass is 10.1. The molecule has 6 nitrogen and oxygen atoms in total. The number of aliphatic hydroxyl groups is 1. The summed E-state index contributed by atoms with van der Waals surface area (Å²) in [6.07, 6.45) is -0.633. The number of hydrogen-bond donors (Lipinski definition) is 1. The quantitative estimate of drug-likeness (QED) is 0.751. The molecule has 0 aromatic carbocycles. The van der Waals surface area contributed by atoms with Crippen LogP contribution in [0.4, 0.5) is 4.79 Å². The number of rotatable bonds is 1. The Morgan fingerprint density at radius 1 is 1.05 bits per heavy atom. The monoisotopic (exact) mass is 282 g/mol. The molecule has 0 spiro atoms. The largest absolute Gasteiger partial charge is 0.444 e. The Morgan fingerprint density at radius 2 is 1.60 bits per heavy atom. The summed E-state index contributed by atoms with van der Waals surface area (Å²) in [5.41, 5.74) is -0.479. The van der Waals surface area contributed by atoms with Crippen LogP contribution in [0.25, 0.3) is 0 Å². The number of likely N-dealkylation sites (tertiary alicyclic amines) is 2. The maximum Gasteiger partial charge on any atom is 0.410 e. The normalized spacial score (nSPS) is 32.7. The average Bonchev–Trinajstić information content (AvgIpc) is 2.76. The van der Waals surface area contributed by atoms with E-state index < -0.39 is 5.60 Å². The highest BCUT2D eigenvalue weighted by Crippen LogP contribution is 2.53. The topological polar surface area (TPSA) is 70.1 Å². The zero-order valence-electron chi connectivity index (χ0n) is 12.2. The fraction of sp³-hybridized carbons (Fsp3) is 0.857. The highest BCUT2D eigenvalue weighted by atomic mass is 16.6. The third kappa shape index (κ3) is 2.37. The first-order valence-electron chi connectivity index (χ1n) is 7.21. The van der Waals surface area contributed by atoms with Gasteiger partial charge < -0.3 is 19.6 Å². The SMILES string of the molecule is CC(C)(C)OC(=O)N1CC2C(C1)C2C(=O)N1CC(O)C1. The van der Waals surface area contributed by atoms with Crippen LogP contribution in [0, 0.1) is 17.8 Å². The molecule has 2 unspecified atom stereocenters. The van der Waals surface area contributed by atoms with Gasteiger partial charge in [-0.25, -0.2) is 4.79 Å². The summed E-state index contributed by atoms with van der Waals surface area (Å²) < 4.78 is 5.34. The molecule has 2 amide bonds. The molecule has 0 radical (unpaired) electrons. The van der Waals surface area contributed by atoms with Gasteiger partial charge in [-0.15, -0.1) is 0 Å². The second-order valence-electron chi connectivity index (χ2n) is 7.14. The molecule has 3 fully saturated rings. The Labute approximate surface area is 118 Å². The van der Waals surface area contributed by atoms with Gasteiger partial charge in [0.2, 0.25) is 5.91 Å². The van der Waals surface area contributed by atoms with Crippen molar-refractivity contribution in [3.05, 3.63) is 0 Å². The summed E-state index contributed by atoms with van der Waals surface area (Å²) in [7, 11) is 0. The minimum atomic E-state index is -0.479. The standard InChI is InChI=1S/C14H22N2O4/c1-14(2,3)20-13(19)16-6-9-10(7-16)11(9)12(18)15-4-8(17)5-15/h8-11,17H,4-7H2,1-3H3. The van der Waals surface area contributed by atoms with Crippen molar-refractivity contribution in [1.82, 2.24) is 9.80 Å². The Morgan fingerprint density at radius 3 is 2.05 bits per heavy atom. The Bertz CT molecular complexity index is 427. The molecule has 2 saturated heterocycles. The van der Waals surface area contributed by atoms with E-state index in [0.717, 1.165) is 0 Å². The molecule has 2 atom stereocenters. The van der Waals surface area contributed by atoms with Crippen molar-refractivity contribution in [2.45, 2.75) is 32.5 Å². The fourth-order valence-corrected chi connectivity index (χ4v) is 3.21. The number of hydrogen-bond acceptors (Lipinski definition) is 4. The van der Waals surface area contributed by atoms with Crippen LogP contribution in [-0.2, 0) is 9.53 Å². The number of β-amino-alcohol motifs (C(OH)–C–C–N with tert-alkyl or cyclic N) is 1. The van der Waals surface area contributed by atoms with Crippen molar-refractivity contribution in [3.63, 3.8) is 0 Å². The Balaban J connectivity index is 1.48. The van der Waals surface area contributed by atoms with E-state index in [1.54, 1.807) is 9.80 Å². The number of nitrogens with zero attached hydrogens (tertiary/aromatic N) is 2. The summed E-state index contributed by atoms with van der Waals surface area (Å²) in [4.78, 5) is 27.5. The maximum absolute atomic E-state index is 12.1. The van der Waals surface area contributed by atoms with E-state index in [-0.39, 0.29) is 35.9 Å². The van der Waals surface area contributed by atoms with E-state index in [4.69, 9.17) is 4.74 Å². The van der Waals surface area contributed by atoms with Gasteiger partial charge in [0.05, 0.1) is 6.10 Å². The minimum Gasteiger partial charge on any atom is -0.444 e. The summed E-state index contributed by atoms with van der Waals surface area (Å²) in [5.74, 6) is 0.774. The van der Waals surface area contributed by atoms with Gasteiger partial charge in [0.15, 0.2) is 0 Å². The lowest BCUT2D eigenvalue weighted by molar-refractivity contribution is -0.143. The van der Waals surface area contributed by atoms with Crippen molar-refractivity contribution < 1.29 is 19.4 Å². The van der Waals surface area contributed by atoms with E-state index in [0.29, 0.717) is 26.2 Å². The smallest absolute Gasteiger partial charge is 0.410 e. The molecule has 1 N–H and O–H groups in total. The van der Waals surface area contributed by atoms with E-state index in [1.807, 2.05) is 20.8 Å². The van der Waals surface area contributed by atoms with Gasteiger partial charge in [0.1, 0.15) is 5.60 Å². The molecule has 0 bridgehead atoms. The number of aliphatic hydroxyl groups excluding tert-OH is 1. The first-order chi connectivity index (χ1) is 9.26. The van der Waals surface area contributed by atoms with Gasteiger partial charge in [-0.05, 0) is 32.6 Å². The second kappa shape index (κ2) is 4.35. The Kier molecular flexibility index (Phi) is 2.97. The number of fused-ring (bicyclic) bond motifs is 1. The van der Waals surface area contributed by atoms with Gasteiger partial charge in [-0.1, -0.05) is 0 Å². The maximum atomic E-state index is 12.1. The molecule has 6 heteroatoms. The molecule has 3 rings (SSSR count). The van der Waals surface area contributed by atoms with E-state index in [2.05, 4.69) is 0 Å². The minimum absolute atomic E-state index is 0.0567. The molecule has 1 aliphatic carbocycles. The molecule has 2 aliphatic heterocycles. The zero-order chi connectivity index (χ0) is 14.7. The van der Waals surface area contributed by atoms with Gasteiger partial charge in [-0.3, -0.25) is 4.79 Å². The third-order valence-electron chi connectivity index (χ3n) is 4.30. The van der Waals surface area contributed by atoms with E-state index >= 15 is 0 Å². The molecule has 2 heterocycles. The van der Waals surface area contributed by atoms with Crippen LogP contribution in [0.5, 0.6) is 0 Å². The highest BCUT2D eigenvalue weighted by molar-refractivity contribution is 5.84. The number of piperidine rings is 1. The van der Waals surface area contributed by atoms with Gasteiger partial charge in [-0.2, -0.15) is 0 Å². The molecule has 0 aromatic heterocycles. The summed E-state index contributed by atoms with van der Waals surface area (Å²) >= 11 is 0. The summed E-state index contributed by atoms with van der Waals surface area (Å²) in [6.45, 7) is 7.71. The molecule has 20 heavy (non-hydrogen) atoms. The number of ether oxygens (including phenoxy) is 1. The van der Waals surface area contributed by atoms with Crippen LogP contribution < -0.4 is 0 Å². The number of carbonyl (C=O) groups is 2. The van der Waals surface area contributed by atoms with Gasteiger partial charge in [0, 0.05) is 32.1 Å². The zero-order valence-corrected chi connectivity index (χ0v) is 12.2. The van der Waals surface area contributed by atoms with Gasteiger partial charge in [0.25, 0.3) is 0 Å². The van der Waals surface area contributed by atoms with E-state index in [9.17, 15) is 14.7 Å². The summed E-state index contributed by atoms with van der Waals surface area (Å²) in [5, 5.41) is 9.23. The lowest BCUT2D eigenvalue weighted by Gasteiger charge is -2.36. The molecule has 112 valence electrons. The average molecular weight is 282 g/mol. The molecular formula is C14H22N2O4. The predicted octanol–water partition coefficient (Wildman–Crippen LogP) is 0.302. The molecule has 0 aromatic rings. The molecular weight excluding hydrogens is 260 g/mol. The van der Waals surface area contributed by atoms with Crippen molar-refractivity contribution in [2.75, 3.05) is 26.2 Å². The first kappa shape index (κ1) is 13.7. The summed E-state index contributed by atoms with van der Waals surface area (Å²) in [6, 6.07) is 0. The van der Waals surface area contributed by atoms with Crippen LogP contribution >= 0.6 is 0 Å². The van der Waals surface area contributed by atoms with Crippen LogP contribution in [-0.4, -0.2) is 64.8 Å². The number of amides is 2. The van der Waals surface area contributed by atoms with Crippen molar-refractivity contribution in [1.29, 1.82) is 0 Å². The highest BCUT2D eigenvalue weighted by Gasteiger charge is 2.62. The first-order valence-corrected chi connectivity index (χ1v) is 7.21. The molecule has 1 saturated carbocycles. The van der Waals surface area contributed by atoms with Crippen molar-refractivity contribution >= 4 is 12.0 Å². The van der Waals surface area contributed by atoms with Gasteiger partial charge >= 0.3 is 6.09 Å². The third-order valence-corrected chi connectivity index (χ3v) is 4.30. The van der Waals surface area contributed by atoms with Crippen LogP contribution in [0.1, 0.15) is 20.8 Å². The van der Waals surface area contributed by atoms with Crippen LogP contribution in [0.2, 0.25) is 0 Å². The van der Waals surface area contributed by atoms with Crippen LogP contribution in [0.15, 0.2) is 0 Å². The predicted molar refractivity (Wildman–Crippen MR) is 70.9 cm³/mol. The number of carbonyl (C=O) groups excluding carboxylic acids is 2. The van der Waals surface area contributed by atoms with Crippen molar-refractivity contribution in [2.24, 2.45) is 17.8 Å². The Hall–Kier alpha value is -1.30. The fourth-order valence-electron chi connectivity index (χ4n) is 3.21. The van der Waals surface area contributed by atoms with Crippen molar-refractivity contribution in [3.8, 4) is 0 Å². The van der Waals surface area contributed by atoms with Crippen LogP contribution in [0.3, 0.4) is 0 Å². The molecule has 3 aliphatic rings. The van der Waals surface area contributed by atoms with E-state index in [1.165, 1.54) is 0 Å². The second-order valence-corrected chi connectivity index (χ2v) is 7.14.